The first-order chi connectivity index (χ1) is 7.00. The Labute approximate surface area is 96.8 Å². The maximum Gasteiger partial charge on any atom is 0.0785 e. The lowest BCUT2D eigenvalue weighted by Gasteiger charge is -2.23. The van der Waals surface area contributed by atoms with Gasteiger partial charge in [-0.1, -0.05) is 39.3 Å². The highest BCUT2D eigenvalue weighted by Crippen LogP contribution is 2.18. The smallest absolute Gasteiger partial charge is 0.0785 e. The van der Waals surface area contributed by atoms with Gasteiger partial charge in [-0.15, -0.1) is 0 Å². The first-order valence-electron chi connectivity index (χ1n) is 5.43. The summed E-state index contributed by atoms with van der Waals surface area (Å²) in [5, 5.41) is 8.39. The number of rotatable bonds is 5. The van der Waals surface area contributed by atoms with Gasteiger partial charge >= 0.3 is 0 Å². The predicted molar refractivity (Wildman–Crippen MR) is 64.3 cm³/mol. The molecule has 0 amide bonds. The third-order valence-electron chi connectivity index (χ3n) is 2.41. The third-order valence-corrected chi connectivity index (χ3v) is 2.61. The number of aromatic nitrogens is 2. The Bertz CT molecular complexity index is 294. The van der Waals surface area contributed by atoms with Gasteiger partial charge in [0.2, 0.25) is 0 Å². The summed E-state index contributed by atoms with van der Waals surface area (Å²) < 4.78 is 1.95. The molecule has 0 fully saturated rings. The van der Waals surface area contributed by atoms with Gasteiger partial charge in [0.15, 0.2) is 0 Å². The van der Waals surface area contributed by atoms with Crippen molar-refractivity contribution in [1.29, 1.82) is 0 Å². The number of hydrogen-bond acceptors (Lipinski definition) is 2. The Kier molecular flexibility index (Phi) is 4.61. The van der Waals surface area contributed by atoms with E-state index < -0.39 is 0 Å². The van der Waals surface area contributed by atoms with Crippen molar-refractivity contribution in [3.05, 3.63) is 17.4 Å². The quantitative estimate of drug-likeness (QED) is 0.842. The van der Waals surface area contributed by atoms with Crippen LogP contribution in [0.1, 0.15) is 33.7 Å². The molecular weight excluding hydrogens is 210 g/mol. The Morgan fingerprint density at radius 1 is 1.40 bits per heavy atom. The topological polar surface area (TPSA) is 29.9 Å². The zero-order valence-electron chi connectivity index (χ0n) is 9.87. The summed E-state index contributed by atoms with van der Waals surface area (Å²) in [7, 11) is 0. The second-order valence-corrected chi connectivity index (χ2v) is 4.95. The van der Waals surface area contributed by atoms with Crippen molar-refractivity contribution >= 4 is 11.6 Å². The average molecular weight is 230 g/mol. The van der Waals surface area contributed by atoms with Gasteiger partial charge < -0.3 is 5.32 Å². The molecule has 1 aromatic heterocycles. The van der Waals surface area contributed by atoms with Crippen LogP contribution in [-0.4, -0.2) is 22.4 Å². The summed E-state index contributed by atoms with van der Waals surface area (Å²) in [6.45, 7) is 9.61. The minimum Gasteiger partial charge on any atom is -0.312 e. The zero-order valence-corrected chi connectivity index (χ0v) is 10.6. The van der Waals surface area contributed by atoms with Crippen LogP contribution in [0.15, 0.2) is 12.4 Å². The van der Waals surface area contributed by atoms with Crippen LogP contribution in [0.4, 0.5) is 0 Å². The largest absolute Gasteiger partial charge is 0.312 e. The average Bonchev–Trinajstić information content (AvgIpc) is 2.51. The van der Waals surface area contributed by atoms with Gasteiger partial charge in [0.25, 0.3) is 0 Å². The lowest BCUT2D eigenvalue weighted by atomic mass is 10.0. The second-order valence-electron chi connectivity index (χ2n) is 4.51. The van der Waals surface area contributed by atoms with Gasteiger partial charge in [0.1, 0.15) is 0 Å². The highest BCUT2D eigenvalue weighted by molar-refractivity contribution is 6.30. The molecule has 1 atom stereocenters. The van der Waals surface area contributed by atoms with Gasteiger partial charge in [-0.05, 0) is 5.92 Å². The number of halogens is 1. The molecule has 1 aromatic rings. The first kappa shape index (κ1) is 12.5. The highest BCUT2D eigenvalue weighted by atomic mass is 35.5. The van der Waals surface area contributed by atoms with E-state index in [1.807, 2.05) is 10.9 Å². The molecule has 1 unspecified atom stereocenters. The van der Waals surface area contributed by atoms with Crippen LogP contribution in [-0.2, 0) is 0 Å². The van der Waals surface area contributed by atoms with Crippen LogP contribution in [0.25, 0.3) is 0 Å². The lowest BCUT2D eigenvalue weighted by molar-refractivity contribution is 0.321. The molecule has 3 nitrogen and oxygen atoms in total. The van der Waals surface area contributed by atoms with Gasteiger partial charge in [0, 0.05) is 18.8 Å². The van der Waals surface area contributed by atoms with Crippen LogP contribution in [0.3, 0.4) is 0 Å². The number of nitrogens with zero attached hydrogens (tertiary/aromatic N) is 2. The lowest BCUT2D eigenvalue weighted by Crippen LogP contribution is -2.33. The van der Waals surface area contributed by atoms with E-state index in [2.05, 4.69) is 38.1 Å². The van der Waals surface area contributed by atoms with Crippen molar-refractivity contribution in [1.82, 2.24) is 15.1 Å². The first-order valence-corrected chi connectivity index (χ1v) is 5.81. The maximum absolute atomic E-state index is 5.87. The van der Waals surface area contributed by atoms with E-state index in [0.717, 1.165) is 6.54 Å². The fraction of sp³-hybridized carbons (Fsp3) is 0.727. The molecule has 0 saturated heterocycles. The molecule has 0 spiro atoms. The molecule has 0 bridgehead atoms. The van der Waals surface area contributed by atoms with Crippen LogP contribution >= 0.6 is 11.6 Å². The van der Waals surface area contributed by atoms with E-state index in [4.69, 9.17) is 11.6 Å². The molecule has 0 saturated carbocycles. The standard InChI is InChI=1S/C11H20ClN3/c1-8(2)11(6-13-9(3)4)15-7-10(12)5-14-15/h5,7-9,11,13H,6H2,1-4H3. The summed E-state index contributed by atoms with van der Waals surface area (Å²) in [6, 6.07) is 0.859. The summed E-state index contributed by atoms with van der Waals surface area (Å²) in [4.78, 5) is 0. The molecule has 1 heterocycles. The fourth-order valence-electron chi connectivity index (χ4n) is 1.49. The second kappa shape index (κ2) is 5.52. The van der Waals surface area contributed by atoms with Crippen molar-refractivity contribution in [3.63, 3.8) is 0 Å². The van der Waals surface area contributed by atoms with Crippen LogP contribution in [0, 0.1) is 5.92 Å². The SMILES string of the molecule is CC(C)NCC(C(C)C)n1cc(Cl)cn1. The van der Waals surface area contributed by atoms with E-state index in [1.165, 1.54) is 0 Å². The van der Waals surface area contributed by atoms with Crippen LogP contribution in [0.2, 0.25) is 5.02 Å². The van der Waals surface area contributed by atoms with E-state index in [-0.39, 0.29) is 0 Å². The van der Waals surface area contributed by atoms with Gasteiger partial charge in [-0.3, -0.25) is 4.68 Å². The monoisotopic (exact) mass is 229 g/mol. The van der Waals surface area contributed by atoms with Crippen LogP contribution in [0.5, 0.6) is 0 Å². The van der Waals surface area contributed by atoms with E-state index in [1.54, 1.807) is 6.20 Å². The Hall–Kier alpha value is -0.540. The van der Waals surface area contributed by atoms with Crippen LogP contribution < -0.4 is 5.32 Å². The molecule has 0 aliphatic rings. The molecule has 0 aromatic carbocycles. The molecule has 4 heteroatoms. The van der Waals surface area contributed by atoms with Crippen molar-refractivity contribution in [2.75, 3.05) is 6.54 Å². The molecule has 0 radical (unpaired) electrons. The fourth-order valence-corrected chi connectivity index (χ4v) is 1.63. The molecule has 15 heavy (non-hydrogen) atoms. The van der Waals surface area contributed by atoms with Crippen molar-refractivity contribution in [3.8, 4) is 0 Å². The molecule has 0 aliphatic carbocycles. The summed E-state index contributed by atoms with van der Waals surface area (Å²) in [5.41, 5.74) is 0. The number of hydrogen-bond donors (Lipinski definition) is 1. The maximum atomic E-state index is 5.87. The van der Waals surface area contributed by atoms with E-state index in [0.29, 0.717) is 23.0 Å². The molecule has 1 rings (SSSR count). The van der Waals surface area contributed by atoms with Gasteiger partial charge in [-0.2, -0.15) is 5.10 Å². The van der Waals surface area contributed by atoms with Gasteiger partial charge in [-0.25, -0.2) is 0 Å². The molecule has 1 N–H and O–H groups in total. The van der Waals surface area contributed by atoms with Crippen molar-refractivity contribution in [2.24, 2.45) is 5.92 Å². The van der Waals surface area contributed by atoms with Crippen molar-refractivity contribution in [2.45, 2.75) is 39.8 Å². The Morgan fingerprint density at radius 2 is 2.07 bits per heavy atom. The summed E-state index contributed by atoms with van der Waals surface area (Å²) in [5.74, 6) is 0.534. The van der Waals surface area contributed by atoms with E-state index >= 15 is 0 Å². The van der Waals surface area contributed by atoms with E-state index in [9.17, 15) is 0 Å². The highest BCUT2D eigenvalue weighted by Gasteiger charge is 2.16. The summed E-state index contributed by atoms with van der Waals surface area (Å²) >= 11 is 5.87. The Morgan fingerprint density at radius 3 is 2.47 bits per heavy atom. The molecule has 86 valence electrons. The molecule has 0 aliphatic heterocycles. The predicted octanol–water partition coefficient (Wildman–Crippen LogP) is 2.73. The number of nitrogens with one attached hydrogen (secondary N) is 1. The third kappa shape index (κ3) is 3.84. The van der Waals surface area contributed by atoms with Gasteiger partial charge in [0.05, 0.1) is 17.3 Å². The Balaban J connectivity index is 2.66. The normalized spacial score (nSPS) is 13.8. The zero-order chi connectivity index (χ0) is 11.4. The minimum atomic E-state index is 0.361. The molecular formula is C11H20ClN3. The van der Waals surface area contributed by atoms with Crippen molar-refractivity contribution < 1.29 is 0 Å². The summed E-state index contributed by atoms with van der Waals surface area (Å²) in [6.07, 6.45) is 3.57. The minimum absolute atomic E-state index is 0.361.